The molecule has 0 amide bonds. The maximum absolute atomic E-state index is 12.3. The van der Waals surface area contributed by atoms with Crippen molar-refractivity contribution >= 4 is 20.9 Å². The van der Waals surface area contributed by atoms with Crippen molar-refractivity contribution in [1.29, 1.82) is 0 Å². The largest absolute Gasteiger partial charge is 1.00 e. The van der Waals surface area contributed by atoms with Gasteiger partial charge in [-0.05, 0) is 53.6 Å². The van der Waals surface area contributed by atoms with Gasteiger partial charge in [0.1, 0.15) is 10.1 Å². The molecule has 0 saturated carbocycles. The molecule has 0 heterocycles. The predicted molar refractivity (Wildman–Crippen MR) is 145 cm³/mol. The summed E-state index contributed by atoms with van der Waals surface area (Å²) in [5.74, 6) is 0. The molecule has 0 aromatic heterocycles. The van der Waals surface area contributed by atoms with Gasteiger partial charge in [0, 0.05) is 0 Å². The molecule has 0 saturated heterocycles. The number of hydrogen-bond donors (Lipinski definition) is 0. The molecule has 0 spiro atoms. The van der Waals surface area contributed by atoms with Crippen LogP contribution in [0, 0.1) is 0 Å². The minimum absolute atomic E-state index is 0. The smallest absolute Gasteiger partial charge is 0.744 e. The molecule has 0 N–H and O–H groups in total. The van der Waals surface area contributed by atoms with Gasteiger partial charge in [0.15, 0.2) is 0 Å². The molecule has 0 radical (unpaired) electrons. The van der Waals surface area contributed by atoms with Gasteiger partial charge >= 0.3 is 29.6 Å². The molecule has 0 aliphatic rings. The van der Waals surface area contributed by atoms with E-state index in [1.807, 2.05) is 24.3 Å². The van der Waals surface area contributed by atoms with Crippen LogP contribution in [-0.2, 0) is 23.0 Å². The number of rotatable bonds is 19. The molecule has 0 unspecified atom stereocenters. The molecular formula is C30H47NaO3S. The van der Waals surface area contributed by atoms with Crippen LogP contribution in [0.4, 0.5) is 0 Å². The van der Waals surface area contributed by atoms with E-state index in [0.717, 1.165) is 36.6 Å². The molecule has 2 aromatic rings. The van der Waals surface area contributed by atoms with Crippen LogP contribution in [-0.4, -0.2) is 13.0 Å². The Kier molecular flexibility index (Phi) is 17.5. The van der Waals surface area contributed by atoms with E-state index >= 15 is 0 Å². The van der Waals surface area contributed by atoms with Crippen molar-refractivity contribution in [1.82, 2.24) is 0 Å². The maximum atomic E-state index is 12.3. The second-order valence-electron chi connectivity index (χ2n) is 10.0. The van der Waals surface area contributed by atoms with Gasteiger partial charge in [-0.1, -0.05) is 128 Å². The Morgan fingerprint density at radius 3 is 1.60 bits per heavy atom. The first-order valence-electron chi connectivity index (χ1n) is 14.0. The van der Waals surface area contributed by atoms with E-state index in [1.54, 1.807) is 0 Å². The van der Waals surface area contributed by atoms with Gasteiger partial charge in [-0.3, -0.25) is 0 Å². The van der Waals surface area contributed by atoms with Gasteiger partial charge in [0.2, 0.25) is 0 Å². The van der Waals surface area contributed by atoms with Gasteiger partial charge in [-0.15, -0.1) is 0 Å². The second-order valence-corrected chi connectivity index (χ2v) is 11.3. The van der Waals surface area contributed by atoms with E-state index in [4.69, 9.17) is 0 Å². The fourth-order valence-electron chi connectivity index (χ4n) is 4.94. The van der Waals surface area contributed by atoms with E-state index in [-0.39, 0.29) is 34.5 Å². The fraction of sp³-hybridized carbons (Fsp3) is 0.667. The van der Waals surface area contributed by atoms with Gasteiger partial charge in [-0.25, -0.2) is 8.42 Å². The molecule has 0 aliphatic carbocycles. The molecule has 5 heteroatoms. The van der Waals surface area contributed by atoms with Crippen molar-refractivity contribution in [3.8, 4) is 0 Å². The van der Waals surface area contributed by atoms with Gasteiger partial charge in [0.05, 0.1) is 4.90 Å². The Bertz CT molecular complexity index is 935. The second kappa shape index (κ2) is 18.8. The molecule has 3 nitrogen and oxygen atoms in total. The zero-order chi connectivity index (χ0) is 24.7. The van der Waals surface area contributed by atoms with E-state index in [1.165, 1.54) is 83.5 Å². The van der Waals surface area contributed by atoms with Crippen LogP contribution in [0.5, 0.6) is 0 Å². The van der Waals surface area contributed by atoms with E-state index in [9.17, 15) is 13.0 Å². The van der Waals surface area contributed by atoms with Gasteiger partial charge in [-0.2, -0.15) is 0 Å². The third-order valence-electron chi connectivity index (χ3n) is 6.99. The Balaban J connectivity index is 0.00000612. The molecule has 0 aliphatic heterocycles. The van der Waals surface area contributed by atoms with Crippen LogP contribution in [0.3, 0.4) is 0 Å². The van der Waals surface area contributed by atoms with Crippen molar-refractivity contribution < 1.29 is 42.5 Å². The molecule has 192 valence electrons. The predicted octanol–water partition coefficient (Wildman–Crippen LogP) is 6.11. The summed E-state index contributed by atoms with van der Waals surface area (Å²) in [6.07, 6.45) is 21.4. The van der Waals surface area contributed by atoms with Crippen LogP contribution < -0.4 is 29.6 Å². The van der Waals surface area contributed by atoms with E-state index in [0.29, 0.717) is 17.4 Å². The van der Waals surface area contributed by atoms with Crippen LogP contribution >= 0.6 is 0 Å². The van der Waals surface area contributed by atoms with Crippen molar-refractivity contribution in [2.24, 2.45) is 0 Å². The minimum atomic E-state index is -4.52. The molecule has 0 atom stereocenters. The Morgan fingerprint density at radius 2 is 1.09 bits per heavy atom. The summed E-state index contributed by atoms with van der Waals surface area (Å²) in [6.45, 7) is 4.47. The first-order valence-corrected chi connectivity index (χ1v) is 15.4. The molecule has 0 bridgehead atoms. The summed E-state index contributed by atoms with van der Waals surface area (Å²) in [5.41, 5.74) is 1.82. The van der Waals surface area contributed by atoms with Crippen molar-refractivity contribution in [2.75, 3.05) is 0 Å². The van der Waals surface area contributed by atoms with Crippen LogP contribution in [0.1, 0.15) is 128 Å². The Hall–Kier alpha value is -0.390. The average Bonchev–Trinajstić information content (AvgIpc) is 2.81. The molecule has 2 rings (SSSR count). The summed E-state index contributed by atoms with van der Waals surface area (Å²) < 4.78 is 36.8. The standard InChI is InChI=1S/C30H48O3S.Na/c1-3-5-7-9-11-13-15-17-19-26-21-22-27-23-24-28(30(29(27)25-26)34(31,32)33)20-18-16-14-12-10-8-6-4-2;/h21-25H,3-20H2,1-2H3,(H,31,32,33);/q;+1/p-1. The van der Waals surface area contributed by atoms with Gasteiger partial charge in [0.25, 0.3) is 0 Å². The number of hydrogen-bond acceptors (Lipinski definition) is 3. The average molecular weight is 511 g/mol. The van der Waals surface area contributed by atoms with Crippen molar-refractivity contribution in [3.63, 3.8) is 0 Å². The SMILES string of the molecule is CCCCCCCCCCc1ccc2ccc(CCCCCCCCCC)c(S(=O)(=O)[O-])c2c1.[Na+]. The number of fused-ring (bicyclic) bond motifs is 1. The first kappa shape index (κ1) is 32.6. The Labute approximate surface area is 237 Å². The van der Waals surface area contributed by atoms with Crippen LogP contribution in [0.15, 0.2) is 35.2 Å². The topological polar surface area (TPSA) is 57.2 Å². The van der Waals surface area contributed by atoms with E-state index in [2.05, 4.69) is 19.9 Å². The van der Waals surface area contributed by atoms with E-state index < -0.39 is 10.1 Å². The van der Waals surface area contributed by atoms with Gasteiger partial charge < -0.3 is 4.55 Å². The third-order valence-corrected chi connectivity index (χ3v) is 7.97. The first-order chi connectivity index (χ1) is 16.5. The summed E-state index contributed by atoms with van der Waals surface area (Å²) in [4.78, 5) is 0.0192. The van der Waals surface area contributed by atoms with Crippen molar-refractivity contribution in [3.05, 3.63) is 41.5 Å². The third kappa shape index (κ3) is 12.6. The quantitative estimate of drug-likeness (QED) is 0.130. The Morgan fingerprint density at radius 1 is 0.629 bits per heavy atom. The summed E-state index contributed by atoms with van der Waals surface area (Å²) in [6, 6.07) is 9.85. The molecule has 2 aromatic carbocycles. The zero-order valence-electron chi connectivity index (χ0n) is 22.7. The van der Waals surface area contributed by atoms with Crippen LogP contribution in [0.25, 0.3) is 10.8 Å². The maximum Gasteiger partial charge on any atom is 1.00 e. The summed E-state index contributed by atoms with van der Waals surface area (Å²) >= 11 is 0. The minimum Gasteiger partial charge on any atom is -0.744 e. The summed E-state index contributed by atoms with van der Waals surface area (Å²) in [7, 11) is -4.52. The normalized spacial score (nSPS) is 11.6. The molecule has 0 fully saturated rings. The number of unbranched alkanes of at least 4 members (excludes halogenated alkanes) is 14. The molecular weight excluding hydrogens is 463 g/mol. The zero-order valence-corrected chi connectivity index (χ0v) is 25.6. The fourth-order valence-corrected chi connectivity index (χ4v) is 5.88. The number of benzene rings is 2. The van der Waals surface area contributed by atoms with Crippen LogP contribution in [0.2, 0.25) is 0 Å². The molecule has 35 heavy (non-hydrogen) atoms. The number of aryl methyl sites for hydroxylation is 2. The summed E-state index contributed by atoms with van der Waals surface area (Å²) in [5, 5.41) is 1.46. The van der Waals surface area contributed by atoms with Crippen molar-refractivity contribution in [2.45, 2.75) is 134 Å². The monoisotopic (exact) mass is 510 g/mol.